The highest BCUT2D eigenvalue weighted by Gasteiger charge is 1.93. The second-order valence-electron chi connectivity index (χ2n) is 1.80. The van der Waals surface area contributed by atoms with Crippen molar-refractivity contribution in [3.05, 3.63) is 23.8 Å². The Kier molecular flexibility index (Phi) is 46.3. The molecular formula is C14H30O. The molecular weight excluding hydrogens is 184 g/mol. The molecule has 0 aromatic heterocycles. The molecule has 92 valence electrons. The third-order valence-electron chi connectivity index (χ3n) is 1.06. The first-order valence-corrected chi connectivity index (χ1v) is 6.02. The molecule has 0 aliphatic carbocycles. The first-order valence-electron chi connectivity index (χ1n) is 6.02. The van der Waals surface area contributed by atoms with Crippen molar-refractivity contribution >= 4 is 5.78 Å². The van der Waals surface area contributed by atoms with E-state index in [9.17, 15) is 4.79 Å². The Morgan fingerprint density at radius 2 is 1.20 bits per heavy atom. The molecule has 0 radical (unpaired) electrons. The summed E-state index contributed by atoms with van der Waals surface area (Å²) >= 11 is 0. The summed E-state index contributed by atoms with van der Waals surface area (Å²) in [6.45, 7) is 17.3. The van der Waals surface area contributed by atoms with Gasteiger partial charge in [-0.15, -0.1) is 0 Å². The molecule has 0 bridgehead atoms. The third-order valence-corrected chi connectivity index (χ3v) is 1.06. The molecule has 0 unspecified atom stereocenters. The normalized spacial score (nSPS) is 8.73. The van der Waals surface area contributed by atoms with Crippen LogP contribution in [-0.4, -0.2) is 5.78 Å². The molecule has 0 spiro atoms. The Morgan fingerprint density at radius 3 is 1.27 bits per heavy atom. The number of hydrogen-bond acceptors (Lipinski definition) is 1. The zero-order valence-electron chi connectivity index (χ0n) is 12.1. The van der Waals surface area contributed by atoms with E-state index < -0.39 is 0 Å². The predicted octanol–water partition coefficient (Wildman–Crippen LogP) is 5.18. The maximum absolute atomic E-state index is 10.6. The van der Waals surface area contributed by atoms with Crippen molar-refractivity contribution in [2.75, 3.05) is 0 Å². The molecule has 0 aromatic rings. The van der Waals surface area contributed by atoms with Gasteiger partial charge in [-0.1, -0.05) is 59.8 Å². The molecule has 0 fully saturated rings. The summed E-state index contributed by atoms with van der Waals surface area (Å²) in [5.41, 5.74) is 0.775. The first kappa shape index (κ1) is 23.8. The fraction of sp³-hybridized carbons (Fsp3) is 0.643. The van der Waals surface area contributed by atoms with Crippen LogP contribution in [0.25, 0.3) is 0 Å². The number of rotatable bonds is 2. The molecule has 0 amide bonds. The van der Waals surface area contributed by atoms with E-state index in [2.05, 4.69) is 0 Å². The minimum absolute atomic E-state index is 0.121. The average Bonchev–Trinajstić information content (AvgIpc) is 2.33. The van der Waals surface area contributed by atoms with Gasteiger partial charge in [-0.3, -0.25) is 4.79 Å². The number of carbonyl (C=O) groups is 1. The summed E-state index contributed by atoms with van der Waals surface area (Å²) in [5, 5.41) is 0. The quantitative estimate of drug-likeness (QED) is 0.457. The average molecular weight is 214 g/mol. The second kappa shape index (κ2) is 29.2. The Bertz CT molecular complexity index is 153. The highest BCUT2D eigenvalue weighted by atomic mass is 16.1. The molecule has 0 aliphatic heterocycles. The fourth-order valence-corrected chi connectivity index (χ4v) is 0.596. The van der Waals surface area contributed by atoms with Crippen LogP contribution in [0.2, 0.25) is 0 Å². The van der Waals surface area contributed by atoms with Crippen LogP contribution in [0.5, 0.6) is 0 Å². The minimum atomic E-state index is 0.121. The van der Waals surface area contributed by atoms with E-state index in [1.807, 2.05) is 73.6 Å². The molecule has 0 aliphatic rings. The van der Waals surface area contributed by atoms with Gasteiger partial charge in [-0.2, -0.15) is 0 Å². The van der Waals surface area contributed by atoms with Crippen molar-refractivity contribution in [1.29, 1.82) is 0 Å². The van der Waals surface area contributed by atoms with Crippen LogP contribution in [0, 0.1) is 0 Å². The number of ketones is 1. The summed E-state index contributed by atoms with van der Waals surface area (Å²) in [7, 11) is 0. The lowest BCUT2D eigenvalue weighted by Crippen LogP contribution is -1.90. The van der Waals surface area contributed by atoms with Gasteiger partial charge >= 0.3 is 0 Å². The highest BCUT2D eigenvalue weighted by molar-refractivity contribution is 5.95. The molecule has 0 aromatic carbocycles. The van der Waals surface area contributed by atoms with E-state index in [4.69, 9.17) is 0 Å². The molecule has 0 atom stereocenters. The van der Waals surface area contributed by atoms with E-state index in [1.165, 1.54) is 0 Å². The highest BCUT2D eigenvalue weighted by Crippen LogP contribution is 1.96. The van der Waals surface area contributed by atoms with Gasteiger partial charge in [0.05, 0.1) is 0 Å². The summed E-state index contributed by atoms with van der Waals surface area (Å²) in [5.74, 6) is 0.121. The minimum Gasteiger partial charge on any atom is -0.295 e. The van der Waals surface area contributed by atoms with Gasteiger partial charge in [0.2, 0.25) is 0 Å². The Hall–Kier alpha value is -0.850. The van der Waals surface area contributed by atoms with E-state index in [0.29, 0.717) is 0 Å². The van der Waals surface area contributed by atoms with Crippen molar-refractivity contribution in [3.63, 3.8) is 0 Å². The van der Waals surface area contributed by atoms with E-state index in [1.54, 1.807) is 6.92 Å². The van der Waals surface area contributed by atoms with E-state index in [0.717, 1.165) is 5.57 Å². The zero-order valence-corrected chi connectivity index (χ0v) is 12.1. The van der Waals surface area contributed by atoms with Gasteiger partial charge in [-0.05, 0) is 20.8 Å². The van der Waals surface area contributed by atoms with Crippen LogP contribution in [0.4, 0.5) is 0 Å². The molecule has 1 heteroatoms. The number of carbonyl (C=O) groups excluding carboxylic acids is 1. The maximum Gasteiger partial charge on any atom is 0.159 e. The fourth-order valence-electron chi connectivity index (χ4n) is 0.596. The molecule has 0 heterocycles. The van der Waals surface area contributed by atoms with Gasteiger partial charge < -0.3 is 0 Å². The predicted molar refractivity (Wildman–Crippen MR) is 73.3 cm³/mol. The smallest absolute Gasteiger partial charge is 0.159 e. The van der Waals surface area contributed by atoms with Crippen molar-refractivity contribution in [2.45, 2.75) is 62.3 Å². The van der Waals surface area contributed by atoms with Gasteiger partial charge in [0, 0.05) is 5.57 Å². The van der Waals surface area contributed by atoms with Crippen LogP contribution in [0.1, 0.15) is 62.3 Å². The monoisotopic (exact) mass is 214 g/mol. The standard InChI is InChI=1S/C8H12O.3C2H6/c1-4-6-8(5-2)7(3)9;3*1-2/h4-6H,1-3H3;3*1-2H3/b6-4-,8-5+;;;. The molecule has 15 heavy (non-hydrogen) atoms. The third kappa shape index (κ3) is 24.6. The Morgan fingerprint density at radius 1 is 0.867 bits per heavy atom. The molecule has 0 rings (SSSR count). The largest absolute Gasteiger partial charge is 0.295 e. The van der Waals surface area contributed by atoms with Crippen molar-refractivity contribution in [2.24, 2.45) is 0 Å². The second-order valence-corrected chi connectivity index (χ2v) is 1.80. The summed E-state index contributed by atoms with van der Waals surface area (Å²) in [4.78, 5) is 10.6. The van der Waals surface area contributed by atoms with Crippen LogP contribution in [-0.2, 0) is 4.79 Å². The van der Waals surface area contributed by atoms with Crippen molar-refractivity contribution in [3.8, 4) is 0 Å². The van der Waals surface area contributed by atoms with Gasteiger partial charge in [0.25, 0.3) is 0 Å². The van der Waals surface area contributed by atoms with Crippen LogP contribution >= 0.6 is 0 Å². The Balaban J connectivity index is -0.0000000860. The number of allylic oxidation sites excluding steroid dienone is 4. The first-order chi connectivity index (χ1) is 7.22. The summed E-state index contributed by atoms with van der Waals surface area (Å²) in [6.07, 6.45) is 5.47. The number of Topliss-reactive ketones (excluding diaryl/α,β-unsaturated/α-hetero) is 1. The van der Waals surface area contributed by atoms with Gasteiger partial charge in [0.15, 0.2) is 5.78 Å². The lowest BCUT2D eigenvalue weighted by atomic mass is 10.2. The van der Waals surface area contributed by atoms with Crippen molar-refractivity contribution in [1.82, 2.24) is 0 Å². The molecule has 1 nitrogen and oxygen atoms in total. The van der Waals surface area contributed by atoms with E-state index in [-0.39, 0.29) is 5.78 Å². The Labute approximate surface area is 97.3 Å². The van der Waals surface area contributed by atoms with Gasteiger partial charge in [-0.25, -0.2) is 0 Å². The molecule has 0 saturated carbocycles. The lowest BCUT2D eigenvalue weighted by molar-refractivity contribution is -0.113. The molecule has 0 N–H and O–H groups in total. The SMILES string of the molecule is C/C=C\C(=C/C)C(C)=O.CC.CC.CC. The topological polar surface area (TPSA) is 17.1 Å². The lowest BCUT2D eigenvalue weighted by Gasteiger charge is -1.89. The summed E-state index contributed by atoms with van der Waals surface area (Å²) < 4.78 is 0. The molecule has 0 saturated heterocycles. The van der Waals surface area contributed by atoms with Crippen LogP contribution in [0.15, 0.2) is 23.8 Å². The van der Waals surface area contributed by atoms with Gasteiger partial charge in [0.1, 0.15) is 0 Å². The summed E-state index contributed by atoms with van der Waals surface area (Å²) in [6, 6.07) is 0. The zero-order chi connectivity index (χ0) is 13.3. The van der Waals surface area contributed by atoms with E-state index >= 15 is 0 Å². The number of hydrogen-bond donors (Lipinski definition) is 0. The van der Waals surface area contributed by atoms with Crippen LogP contribution in [0.3, 0.4) is 0 Å². The van der Waals surface area contributed by atoms with Crippen LogP contribution < -0.4 is 0 Å². The van der Waals surface area contributed by atoms with Crippen molar-refractivity contribution < 1.29 is 4.79 Å². The maximum atomic E-state index is 10.6.